The van der Waals surface area contributed by atoms with Gasteiger partial charge in [-0.1, -0.05) is 12.1 Å². The van der Waals surface area contributed by atoms with E-state index in [0.717, 1.165) is 21.7 Å². The third-order valence-corrected chi connectivity index (χ3v) is 6.58. The molecule has 0 fully saturated rings. The second kappa shape index (κ2) is 8.42. The smallest absolute Gasteiger partial charge is 0.244 e. The van der Waals surface area contributed by atoms with Gasteiger partial charge in [0.15, 0.2) is 0 Å². The number of ether oxygens (including phenoxy) is 2. The predicted octanol–water partition coefficient (Wildman–Crippen LogP) is 3.58. The summed E-state index contributed by atoms with van der Waals surface area (Å²) in [6, 6.07) is 11.3. The maximum absolute atomic E-state index is 13.2. The Morgan fingerprint density at radius 3 is 2.58 bits per heavy atom. The lowest BCUT2D eigenvalue weighted by atomic mass is 9.89. The number of carbonyl (C=O) groups is 1. The average Bonchev–Trinajstić information content (AvgIpc) is 2.66. The van der Waals surface area contributed by atoms with Crippen LogP contribution in [-0.2, 0) is 14.8 Å². The van der Waals surface area contributed by atoms with Gasteiger partial charge in [0, 0.05) is 12.0 Å². The maximum atomic E-state index is 13.2. The van der Waals surface area contributed by atoms with Crippen molar-refractivity contribution in [2.75, 3.05) is 17.7 Å². The van der Waals surface area contributed by atoms with Crippen molar-refractivity contribution in [1.29, 1.82) is 0 Å². The Bertz CT molecular complexity index is 1080. The molecule has 31 heavy (non-hydrogen) atoms. The molecule has 0 saturated heterocycles. The number of hydrogen-bond donors (Lipinski definition) is 1. The van der Waals surface area contributed by atoms with E-state index in [1.165, 1.54) is 0 Å². The monoisotopic (exact) mass is 446 g/mol. The molecule has 0 saturated carbocycles. The van der Waals surface area contributed by atoms with Crippen LogP contribution in [0.4, 0.5) is 5.69 Å². The largest absolute Gasteiger partial charge is 0.497 e. The van der Waals surface area contributed by atoms with E-state index in [1.807, 2.05) is 45.0 Å². The molecular formula is C23H30N2O5S. The van der Waals surface area contributed by atoms with Gasteiger partial charge in [-0.25, -0.2) is 8.42 Å². The first-order chi connectivity index (χ1) is 14.4. The zero-order valence-corrected chi connectivity index (χ0v) is 19.6. The zero-order valence-electron chi connectivity index (χ0n) is 18.8. The highest BCUT2D eigenvalue weighted by Gasteiger charge is 2.37. The fourth-order valence-electron chi connectivity index (χ4n) is 3.95. The molecule has 2 aromatic carbocycles. The van der Waals surface area contributed by atoms with Gasteiger partial charge < -0.3 is 14.8 Å². The van der Waals surface area contributed by atoms with Crippen molar-refractivity contribution >= 4 is 21.6 Å². The highest BCUT2D eigenvalue weighted by molar-refractivity contribution is 7.92. The Balaban J connectivity index is 1.92. The second-order valence-electron chi connectivity index (χ2n) is 8.60. The Kier molecular flexibility index (Phi) is 6.23. The van der Waals surface area contributed by atoms with E-state index in [1.54, 1.807) is 32.2 Å². The second-order valence-corrected chi connectivity index (χ2v) is 10.5. The summed E-state index contributed by atoms with van der Waals surface area (Å²) in [6.45, 7) is 7.38. The summed E-state index contributed by atoms with van der Waals surface area (Å²) in [5.74, 6) is 0.948. The normalized spacial score (nSPS) is 18.3. The topological polar surface area (TPSA) is 84.9 Å². The molecule has 0 radical (unpaired) electrons. The molecule has 2 atom stereocenters. The molecule has 168 valence electrons. The van der Waals surface area contributed by atoms with Crippen molar-refractivity contribution in [3.8, 4) is 11.5 Å². The summed E-state index contributed by atoms with van der Waals surface area (Å²) in [4.78, 5) is 13.2. The van der Waals surface area contributed by atoms with E-state index < -0.39 is 21.7 Å². The molecule has 2 aromatic rings. The van der Waals surface area contributed by atoms with Crippen molar-refractivity contribution in [2.24, 2.45) is 0 Å². The molecule has 3 rings (SSSR count). The van der Waals surface area contributed by atoms with Crippen LogP contribution in [0.5, 0.6) is 11.5 Å². The van der Waals surface area contributed by atoms with E-state index in [9.17, 15) is 13.2 Å². The predicted molar refractivity (Wildman–Crippen MR) is 121 cm³/mol. The van der Waals surface area contributed by atoms with Crippen molar-refractivity contribution in [1.82, 2.24) is 5.32 Å². The summed E-state index contributed by atoms with van der Waals surface area (Å²) >= 11 is 0. The number of fused-ring (bicyclic) bond motifs is 1. The quantitative estimate of drug-likeness (QED) is 0.733. The molecule has 1 aliphatic rings. The summed E-state index contributed by atoms with van der Waals surface area (Å²) in [5, 5.41) is 3.04. The number of carbonyl (C=O) groups excluding carboxylic acids is 1. The number of anilines is 1. The molecule has 7 nitrogen and oxygen atoms in total. The van der Waals surface area contributed by atoms with Crippen LogP contribution >= 0.6 is 0 Å². The maximum Gasteiger partial charge on any atom is 0.244 e. The standard InChI is InChI=1S/C23H30N2O5S/c1-15-8-7-9-17(12-15)25(31(6,27)28)16(2)22(26)24-20-14-23(3,4)30-21-11-10-18(29-5)13-19(20)21/h7-13,16,20H,14H2,1-6H3,(H,24,26)/t16-,20-/m1/s1. The molecule has 8 heteroatoms. The Labute approximate surface area is 184 Å². The number of hydrogen-bond acceptors (Lipinski definition) is 5. The third-order valence-electron chi connectivity index (χ3n) is 5.34. The van der Waals surface area contributed by atoms with Gasteiger partial charge in [-0.15, -0.1) is 0 Å². The first-order valence-corrected chi connectivity index (χ1v) is 12.0. The van der Waals surface area contributed by atoms with Crippen LogP contribution in [0.3, 0.4) is 0 Å². The van der Waals surface area contributed by atoms with Gasteiger partial charge >= 0.3 is 0 Å². The molecule has 0 unspecified atom stereocenters. The van der Waals surface area contributed by atoms with Crippen molar-refractivity contribution in [2.45, 2.75) is 51.8 Å². The number of amides is 1. The third kappa shape index (κ3) is 5.12. The number of nitrogens with zero attached hydrogens (tertiary/aromatic N) is 1. The summed E-state index contributed by atoms with van der Waals surface area (Å²) in [6.07, 6.45) is 1.64. The van der Waals surface area contributed by atoms with E-state index in [-0.39, 0.29) is 11.9 Å². The lowest BCUT2D eigenvalue weighted by Gasteiger charge is -2.39. The minimum absolute atomic E-state index is 0.345. The number of methoxy groups -OCH3 is 1. The van der Waals surface area contributed by atoms with Gasteiger partial charge in [0.25, 0.3) is 0 Å². The van der Waals surface area contributed by atoms with Crippen LogP contribution < -0.4 is 19.1 Å². The molecule has 1 N–H and O–H groups in total. The number of sulfonamides is 1. The highest BCUT2D eigenvalue weighted by Crippen LogP contribution is 2.41. The van der Waals surface area contributed by atoms with Crippen LogP contribution in [-0.4, -0.2) is 39.3 Å². The van der Waals surface area contributed by atoms with Gasteiger partial charge in [-0.2, -0.15) is 0 Å². The Hall–Kier alpha value is -2.74. The summed E-state index contributed by atoms with van der Waals surface area (Å²) in [7, 11) is -2.11. The number of rotatable bonds is 6. The molecular weight excluding hydrogens is 416 g/mol. The minimum Gasteiger partial charge on any atom is -0.497 e. The summed E-state index contributed by atoms with van der Waals surface area (Å²) < 4.78 is 37.7. The SMILES string of the molecule is COc1ccc2c(c1)[C@H](NC(=O)[C@@H](C)N(c1cccc(C)c1)S(C)(=O)=O)CC(C)(C)O2. The average molecular weight is 447 g/mol. The van der Waals surface area contributed by atoms with Crippen molar-refractivity contribution in [3.05, 3.63) is 53.6 Å². The number of aryl methyl sites for hydroxylation is 1. The fraction of sp³-hybridized carbons (Fsp3) is 0.435. The van der Waals surface area contributed by atoms with E-state index in [0.29, 0.717) is 23.6 Å². The zero-order chi connectivity index (χ0) is 23.0. The lowest BCUT2D eigenvalue weighted by molar-refractivity contribution is -0.123. The fourth-order valence-corrected chi connectivity index (χ4v) is 5.12. The van der Waals surface area contributed by atoms with Crippen LogP contribution in [0.2, 0.25) is 0 Å². The number of nitrogens with one attached hydrogen (secondary N) is 1. The lowest BCUT2D eigenvalue weighted by Crippen LogP contribution is -2.50. The van der Waals surface area contributed by atoms with Gasteiger partial charge in [0.2, 0.25) is 15.9 Å². The number of benzene rings is 2. The van der Waals surface area contributed by atoms with Crippen LogP contribution in [0.25, 0.3) is 0 Å². The van der Waals surface area contributed by atoms with Crippen LogP contribution in [0.15, 0.2) is 42.5 Å². The Morgan fingerprint density at radius 1 is 1.26 bits per heavy atom. The molecule has 0 bridgehead atoms. The molecule has 1 heterocycles. The van der Waals surface area contributed by atoms with Crippen LogP contribution in [0.1, 0.15) is 44.4 Å². The van der Waals surface area contributed by atoms with Gasteiger partial charge in [-0.05, 0) is 63.6 Å². The van der Waals surface area contributed by atoms with Gasteiger partial charge in [0.1, 0.15) is 23.1 Å². The molecule has 0 aliphatic carbocycles. The minimum atomic E-state index is -3.69. The first kappa shape index (κ1) is 22.9. The first-order valence-electron chi connectivity index (χ1n) is 10.1. The molecule has 1 amide bonds. The molecule has 0 spiro atoms. The van der Waals surface area contributed by atoms with E-state index in [2.05, 4.69) is 5.32 Å². The Morgan fingerprint density at radius 2 is 1.97 bits per heavy atom. The molecule has 0 aromatic heterocycles. The van der Waals surface area contributed by atoms with Crippen LogP contribution in [0, 0.1) is 6.92 Å². The van der Waals surface area contributed by atoms with Gasteiger partial charge in [-0.3, -0.25) is 9.10 Å². The van der Waals surface area contributed by atoms with E-state index in [4.69, 9.17) is 9.47 Å². The molecule has 1 aliphatic heterocycles. The van der Waals surface area contributed by atoms with Crippen molar-refractivity contribution < 1.29 is 22.7 Å². The van der Waals surface area contributed by atoms with Crippen molar-refractivity contribution in [3.63, 3.8) is 0 Å². The summed E-state index contributed by atoms with van der Waals surface area (Å²) in [5.41, 5.74) is 1.68. The highest BCUT2D eigenvalue weighted by atomic mass is 32.2. The van der Waals surface area contributed by atoms with Gasteiger partial charge in [0.05, 0.1) is 25.1 Å². The van der Waals surface area contributed by atoms with E-state index >= 15 is 0 Å².